The van der Waals surface area contributed by atoms with Crippen LogP contribution in [-0.2, 0) is 17.9 Å². The zero-order valence-corrected chi connectivity index (χ0v) is 12.5. The third-order valence-electron chi connectivity index (χ3n) is 3.68. The molecule has 3 nitrogen and oxygen atoms in total. The molecule has 0 aliphatic heterocycles. The standard InChI is InChI=1S/C14H24N2OS/c1-14(2)6-4-12(5-7-14)17-9-11-10-18-13(16-11)8-15-3/h10,12,15H,4-9H2,1-3H3. The Kier molecular flexibility index (Phi) is 4.76. The van der Waals surface area contributed by atoms with Crippen LogP contribution in [0.25, 0.3) is 0 Å². The summed E-state index contributed by atoms with van der Waals surface area (Å²) in [5.41, 5.74) is 1.59. The van der Waals surface area contributed by atoms with E-state index in [0.29, 0.717) is 18.1 Å². The molecule has 0 unspecified atom stereocenters. The van der Waals surface area contributed by atoms with E-state index in [0.717, 1.165) is 17.2 Å². The van der Waals surface area contributed by atoms with Crippen LogP contribution in [0.5, 0.6) is 0 Å². The quantitative estimate of drug-likeness (QED) is 0.889. The Hall–Kier alpha value is -0.450. The van der Waals surface area contributed by atoms with Crippen molar-refractivity contribution in [1.82, 2.24) is 10.3 Å². The fourth-order valence-corrected chi connectivity index (χ4v) is 3.18. The number of aromatic nitrogens is 1. The first-order valence-electron chi connectivity index (χ1n) is 6.78. The minimum Gasteiger partial charge on any atom is -0.372 e. The highest BCUT2D eigenvalue weighted by Crippen LogP contribution is 2.36. The van der Waals surface area contributed by atoms with Gasteiger partial charge in [-0.25, -0.2) is 4.98 Å². The van der Waals surface area contributed by atoms with E-state index in [-0.39, 0.29) is 0 Å². The minimum atomic E-state index is 0.437. The number of thiazole rings is 1. The van der Waals surface area contributed by atoms with Crippen LogP contribution in [0.1, 0.15) is 50.2 Å². The number of ether oxygens (including phenoxy) is 1. The molecule has 1 saturated carbocycles. The van der Waals surface area contributed by atoms with Gasteiger partial charge in [0.05, 0.1) is 18.4 Å². The number of hydrogen-bond acceptors (Lipinski definition) is 4. The number of rotatable bonds is 5. The predicted molar refractivity (Wildman–Crippen MR) is 75.7 cm³/mol. The van der Waals surface area contributed by atoms with Gasteiger partial charge in [0.25, 0.3) is 0 Å². The summed E-state index contributed by atoms with van der Waals surface area (Å²) in [5.74, 6) is 0. The summed E-state index contributed by atoms with van der Waals surface area (Å²) in [6.07, 6.45) is 5.38. The first kappa shape index (κ1) is 14.0. The highest BCUT2D eigenvalue weighted by molar-refractivity contribution is 7.09. The number of nitrogens with one attached hydrogen (secondary N) is 1. The van der Waals surface area contributed by atoms with Gasteiger partial charge in [-0.1, -0.05) is 13.8 Å². The van der Waals surface area contributed by atoms with Crippen LogP contribution in [0.15, 0.2) is 5.38 Å². The Morgan fingerprint density at radius 2 is 2.17 bits per heavy atom. The molecule has 0 atom stereocenters. The smallest absolute Gasteiger partial charge is 0.107 e. The lowest BCUT2D eigenvalue weighted by atomic mass is 9.76. The molecule has 1 aliphatic rings. The Morgan fingerprint density at radius 3 is 2.83 bits per heavy atom. The summed E-state index contributed by atoms with van der Waals surface area (Å²) >= 11 is 1.71. The van der Waals surface area contributed by atoms with Gasteiger partial charge in [0.1, 0.15) is 5.01 Å². The molecule has 0 aromatic carbocycles. The molecule has 0 bridgehead atoms. The van der Waals surface area contributed by atoms with Gasteiger partial charge in [-0.2, -0.15) is 0 Å². The van der Waals surface area contributed by atoms with Crippen molar-refractivity contribution in [3.63, 3.8) is 0 Å². The second-order valence-electron chi connectivity index (χ2n) is 5.94. The summed E-state index contributed by atoms with van der Waals surface area (Å²) in [5, 5.41) is 6.37. The fraction of sp³-hybridized carbons (Fsp3) is 0.786. The number of nitrogens with zero attached hydrogens (tertiary/aromatic N) is 1. The van der Waals surface area contributed by atoms with Crippen molar-refractivity contribution in [2.24, 2.45) is 5.41 Å². The van der Waals surface area contributed by atoms with E-state index in [2.05, 4.69) is 29.5 Å². The summed E-state index contributed by atoms with van der Waals surface area (Å²) in [6, 6.07) is 0. The Balaban J connectivity index is 1.74. The van der Waals surface area contributed by atoms with Crippen molar-refractivity contribution in [2.45, 2.75) is 58.8 Å². The second kappa shape index (κ2) is 6.13. The van der Waals surface area contributed by atoms with E-state index in [1.165, 1.54) is 25.7 Å². The first-order chi connectivity index (χ1) is 8.59. The first-order valence-corrected chi connectivity index (χ1v) is 7.66. The lowest BCUT2D eigenvalue weighted by Gasteiger charge is -2.34. The molecule has 1 heterocycles. The van der Waals surface area contributed by atoms with Crippen LogP contribution in [-0.4, -0.2) is 18.1 Å². The maximum atomic E-state index is 5.98. The van der Waals surface area contributed by atoms with Crippen molar-refractivity contribution in [3.8, 4) is 0 Å². The van der Waals surface area contributed by atoms with Gasteiger partial charge in [-0.15, -0.1) is 11.3 Å². The number of hydrogen-bond donors (Lipinski definition) is 1. The molecule has 1 fully saturated rings. The average Bonchev–Trinajstić information content (AvgIpc) is 2.76. The summed E-state index contributed by atoms with van der Waals surface area (Å²) in [7, 11) is 1.95. The molecule has 102 valence electrons. The predicted octanol–water partition coefficient (Wildman–Crippen LogP) is 3.35. The maximum absolute atomic E-state index is 5.98. The molecular weight excluding hydrogens is 244 g/mol. The third-order valence-corrected chi connectivity index (χ3v) is 4.58. The molecule has 4 heteroatoms. The monoisotopic (exact) mass is 268 g/mol. The third kappa shape index (κ3) is 4.04. The zero-order valence-electron chi connectivity index (χ0n) is 11.7. The summed E-state index contributed by atoms with van der Waals surface area (Å²) in [4.78, 5) is 4.54. The Bertz CT molecular complexity index is 366. The fourth-order valence-electron chi connectivity index (χ4n) is 2.39. The van der Waals surface area contributed by atoms with E-state index < -0.39 is 0 Å². The molecule has 0 saturated heterocycles. The minimum absolute atomic E-state index is 0.437. The van der Waals surface area contributed by atoms with Gasteiger partial charge >= 0.3 is 0 Å². The molecule has 0 spiro atoms. The van der Waals surface area contributed by atoms with Crippen molar-refractivity contribution < 1.29 is 4.74 Å². The SMILES string of the molecule is CNCc1nc(COC2CCC(C)(C)CC2)cs1. The van der Waals surface area contributed by atoms with Crippen LogP contribution in [0, 0.1) is 5.41 Å². The van der Waals surface area contributed by atoms with Crippen molar-refractivity contribution in [2.75, 3.05) is 7.05 Å². The average molecular weight is 268 g/mol. The molecule has 1 aromatic heterocycles. The largest absolute Gasteiger partial charge is 0.372 e. The van der Waals surface area contributed by atoms with Gasteiger partial charge < -0.3 is 10.1 Å². The lowest BCUT2D eigenvalue weighted by Crippen LogP contribution is -2.26. The van der Waals surface area contributed by atoms with Crippen LogP contribution >= 0.6 is 11.3 Å². The van der Waals surface area contributed by atoms with E-state index in [9.17, 15) is 0 Å². The topological polar surface area (TPSA) is 34.2 Å². The van der Waals surface area contributed by atoms with Gasteiger partial charge in [-0.3, -0.25) is 0 Å². The van der Waals surface area contributed by atoms with E-state index in [1.54, 1.807) is 11.3 Å². The van der Waals surface area contributed by atoms with Crippen LogP contribution in [0.3, 0.4) is 0 Å². The van der Waals surface area contributed by atoms with E-state index in [4.69, 9.17) is 4.74 Å². The van der Waals surface area contributed by atoms with Crippen LogP contribution in [0.2, 0.25) is 0 Å². The van der Waals surface area contributed by atoms with Crippen molar-refractivity contribution in [3.05, 3.63) is 16.1 Å². The van der Waals surface area contributed by atoms with Crippen LogP contribution in [0.4, 0.5) is 0 Å². The van der Waals surface area contributed by atoms with Gasteiger partial charge in [0, 0.05) is 11.9 Å². The summed E-state index contributed by atoms with van der Waals surface area (Å²) in [6.45, 7) is 6.23. The highest BCUT2D eigenvalue weighted by Gasteiger charge is 2.27. The molecular formula is C14H24N2OS. The lowest BCUT2D eigenvalue weighted by molar-refractivity contribution is -0.00674. The van der Waals surface area contributed by atoms with Crippen LogP contribution < -0.4 is 5.32 Å². The van der Waals surface area contributed by atoms with Gasteiger partial charge in [0.2, 0.25) is 0 Å². The summed E-state index contributed by atoms with van der Waals surface area (Å²) < 4.78 is 5.98. The second-order valence-corrected chi connectivity index (χ2v) is 6.88. The molecule has 1 aromatic rings. The maximum Gasteiger partial charge on any atom is 0.107 e. The molecule has 2 rings (SSSR count). The highest BCUT2D eigenvalue weighted by atomic mass is 32.1. The van der Waals surface area contributed by atoms with Crippen molar-refractivity contribution >= 4 is 11.3 Å². The molecule has 1 N–H and O–H groups in total. The molecule has 18 heavy (non-hydrogen) atoms. The molecule has 0 amide bonds. The van der Waals surface area contributed by atoms with E-state index in [1.807, 2.05) is 7.05 Å². The van der Waals surface area contributed by atoms with Crippen molar-refractivity contribution in [1.29, 1.82) is 0 Å². The Morgan fingerprint density at radius 1 is 1.44 bits per heavy atom. The molecule has 0 radical (unpaired) electrons. The van der Waals surface area contributed by atoms with E-state index >= 15 is 0 Å². The zero-order chi connectivity index (χ0) is 13.0. The molecule has 1 aliphatic carbocycles. The van der Waals surface area contributed by atoms with Gasteiger partial charge in [0.15, 0.2) is 0 Å². The normalized spacial score (nSPS) is 20.2. The van der Waals surface area contributed by atoms with Gasteiger partial charge in [-0.05, 0) is 38.1 Å². The Labute approximate surface area is 114 Å².